The maximum absolute atomic E-state index is 11.8. The van der Waals surface area contributed by atoms with Crippen molar-refractivity contribution in [3.8, 4) is 0 Å². The van der Waals surface area contributed by atoms with E-state index in [0.29, 0.717) is 6.54 Å². The van der Waals surface area contributed by atoms with Gasteiger partial charge in [0.25, 0.3) is 0 Å². The van der Waals surface area contributed by atoms with E-state index in [4.69, 9.17) is 0 Å². The van der Waals surface area contributed by atoms with E-state index in [1.807, 2.05) is 37.9 Å². The van der Waals surface area contributed by atoms with Gasteiger partial charge in [0, 0.05) is 31.4 Å². The topological polar surface area (TPSA) is 57.3 Å². The lowest BCUT2D eigenvalue weighted by Gasteiger charge is -2.21. The van der Waals surface area contributed by atoms with Gasteiger partial charge < -0.3 is 15.5 Å². The minimum Gasteiger partial charge on any atom is -0.352 e. The van der Waals surface area contributed by atoms with Crippen molar-refractivity contribution in [3.63, 3.8) is 0 Å². The molecule has 1 amide bonds. The molecule has 0 atom stereocenters. The van der Waals surface area contributed by atoms with Crippen molar-refractivity contribution in [1.82, 2.24) is 15.6 Å². The van der Waals surface area contributed by atoms with Crippen LogP contribution in [0.1, 0.15) is 32.8 Å². The molecule has 0 aliphatic rings. The van der Waals surface area contributed by atoms with Gasteiger partial charge in [0.1, 0.15) is 5.82 Å². The Balaban J connectivity index is 2.66. The van der Waals surface area contributed by atoms with Crippen molar-refractivity contribution in [3.05, 3.63) is 23.9 Å². The van der Waals surface area contributed by atoms with Crippen LogP contribution in [0.4, 0.5) is 5.82 Å². The molecule has 0 saturated heterocycles. The number of likely N-dealkylation sites (N-methyl/N-ethyl adjacent to an activating group) is 1. The summed E-state index contributed by atoms with van der Waals surface area (Å²) in [5.41, 5.74) is 1.11. The third-order valence-electron chi connectivity index (χ3n) is 2.80. The number of nitrogens with one attached hydrogen (secondary N) is 2. The second kappa shape index (κ2) is 8.53. The van der Waals surface area contributed by atoms with Crippen LogP contribution in [0.2, 0.25) is 0 Å². The molecule has 2 N–H and O–H groups in total. The first-order valence-electron chi connectivity index (χ1n) is 7.19. The first-order chi connectivity index (χ1) is 9.54. The molecule has 20 heavy (non-hydrogen) atoms. The molecule has 0 radical (unpaired) electrons. The first-order valence-corrected chi connectivity index (χ1v) is 7.19. The highest BCUT2D eigenvalue weighted by molar-refractivity contribution is 5.81. The van der Waals surface area contributed by atoms with E-state index in [2.05, 4.69) is 22.5 Å². The Morgan fingerprint density at radius 1 is 1.45 bits per heavy atom. The van der Waals surface area contributed by atoms with Crippen LogP contribution in [0.15, 0.2) is 18.3 Å². The highest BCUT2D eigenvalue weighted by Crippen LogP contribution is 2.15. The minimum atomic E-state index is 0.0145. The molecule has 0 spiro atoms. The number of pyridine rings is 1. The normalized spacial score (nSPS) is 10.7. The Morgan fingerprint density at radius 3 is 2.85 bits per heavy atom. The molecular formula is C15H26N4O. The number of carbonyl (C=O) groups excluding carboxylic acids is 1. The van der Waals surface area contributed by atoms with Crippen LogP contribution in [0.3, 0.4) is 0 Å². The second-order valence-electron chi connectivity index (χ2n) is 5.24. The monoisotopic (exact) mass is 278 g/mol. The van der Waals surface area contributed by atoms with Gasteiger partial charge in [-0.15, -0.1) is 0 Å². The van der Waals surface area contributed by atoms with Crippen LogP contribution < -0.4 is 15.5 Å². The number of hydrogen-bond acceptors (Lipinski definition) is 4. The number of anilines is 1. The van der Waals surface area contributed by atoms with Gasteiger partial charge in [-0.25, -0.2) is 4.98 Å². The van der Waals surface area contributed by atoms with Crippen LogP contribution >= 0.6 is 0 Å². The Kier molecular flexibility index (Phi) is 7.01. The summed E-state index contributed by atoms with van der Waals surface area (Å²) in [5, 5.41) is 6.26. The average Bonchev–Trinajstić information content (AvgIpc) is 2.38. The fourth-order valence-electron chi connectivity index (χ4n) is 1.97. The van der Waals surface area contributed by atoms with E-state index in [-0.39, 0.29) is 11.9 Å². The predicted molar refractivity (Wildman–Crippen MR) is 82.8 cm³/mol. The lowest BCUT2D eigenvalue weighted by molar-refractivity contribution is -0.120. The lowest BCUT2D eigenvalue weighted by Crippen LogP contribution is -2.39. The van der Waals surface area contributed by atoms with Crippen molar-refractivity contribution in [2.45, 2.75) is 39.8 Å². The van der Waals surface area contributed by atoms with Crippen LogP contribution in [-0.2, 0) is 11.3 Å². The third-order valence-corrected chi connectivity index (χ3v) is 2.80. The summed E-state index contributed by atoms with van der Waals surface area (Å²) >= 11 is 0. The molecule has 1 aromatic heterocycles. The van der Waals surface area contributed by atoms with E-state index in [1.54, 1.807) is 6.20 Å². The van der Waals surface area contributed by atoms with Crippen LogP contribution in [0.5, 0.6) is 0 Å². The molecule has 1 aromatic rings. The summed E-state index contributed by atoms with van der Waals surface area (Å²) in [5.74, 6) is 0.871. The Bertz CT molecular complexity index is 420. The van der Waals surface area contributed by atoms with Crippen LogP contribution in [0, 0.1) is 0 Å². The van der Waals surface area contributed by atoms with Gasteiger partial charge >= 0.3 is 0 Å². The molecule has 1 rings (SSSR count). The van der Waals surface area contributed by atoms with Crippen molar-refractivity contribution in [2.75, 3.05) is 25.0 Å². The molecule has 0 aromatic carbocycles. The molecule has 0 saturated carbocycles. The summed E-state index contributed by atoms with van der Waals surface area (Å²) in [4.78, 5) is 18.1. The molecule has 1 heterocycles. The zero-order valence-electron chi connectivity index (χ0n) is 12.9. The van der Waals surface area contributed by atoms with E-state index >= 15 is 0 Å². The van der Waals surface area contributed by atoms with Crippen molar-refractivity contribution in [2.24, 2.45) is 0 Å². The van der Waals surface area contributed by atoms with E-state index in [9.17, 15) is 4.79 Å². The quantitative estimate of drug-likeness (QED) is 0.708. The maximum Gasteiger partial charge on any atom is 0.239 e. The molecule has 5 nitrogen and oxygen atoms in total. The van der Waals surface area contributed by atoms with Gasteiger partial charge in [-0.2, -0.15) is 0 Å². The molecule has 112 valence electrons. The maximum atomic E-state index is 11.8. The Labute approximate surface area is 121 Å². The Hall–Kier alpha value is -1.62. The highest BCUT2D eigenvalue weighted by Gasteiger charge is 2.12. The number of carbonyl (C=O) groups is 1. The lowest BCUT2D eigenvalue weighted by atomic mass is 10.2. The number of hydrogen-bond donors (Lipinski definition) is 2. The highest BCUT2D eigenvalue weighted by atomic mass is 16.2. The van der Waals surface area contributed by atoms with Gasteiger partial charge in [0.2, 0.25) is 5.91 Å². The van der Waals surface area contributed by atoms with Gasteiger partial charge in [0.15, 0.2) is 0 Å². The molecule has 0 unspecified atom stereocenters. The minimum absolute atomic E-state index is 0.0145. The van der Waals surface area contributed by atoms with Crippen molar-refractivity contribution < 1.29 is 4.79 Å². The summed E-state index contributed by atoms with van der Waals surface area (Å²) in [6.45, 7) is 8.12. The Morgan fingerprint density at radius 2 is 2.20 bits per heavy atom. The zero-order valence-corrected chi connectivity index (χ0v) is 12.9. The number of nitrogens with zero attached hydrogens (tertiary/aromatic N) is 2. The molecule has 5 heteroatoms. The van der Waals surface area contributed by atoms with E-state index < -0.39 is 0 Å². The van der Waals surface area contributed by atoms with Gasteiger partial charge in [0.05, 0.1) is 6.54 Å². The molecule has 0 bridgehead atoms. The number of amides is 1. The second-order valence-corrected chi connectivity index (χ2v) is 5.24. The van der Waals surface area contributed by atoms with Crippen molar-refractivity contribution in [1.29, 1.82) is 0 Å². The fourth-order valence-corrected chi connectivity index (χ4v) is 1.97. The average molecular weight is 278 g/mol. The molecule has 0 fully saturated rings. The molecule has 0 aliphatic carbocycles. The largest absolute Gasteiger partial charge is 0.352 e. The number of rotatable bonds is 8. The van der Waals surface area contributed by atoms with Gasteiger partial charge in [-0.05, 0) is 32.9 Å². The van der Waals surface area contributed by atoms with Crippen LogP contribution in [0.25, 0.3) is 0 Å². The van der Waals surface area contributed by atoms with E-state index in [1.165, 1.54) is 0 Å². The summed E-state index contributed by atoms with van der Waals surface area (Å²) in [6.07, 6.45) is 2.86. The SMILES string of the molecule is CCCNCc1cccnc1N(C)CC(=O)NC(C)C. The summed E-state index contributed by atoms with van der Waals surface area (Å²) < 4.78 is 0. The van der Waals surface area contributed by atoms with Crippen molar-refractivity contribution >= 4 is 11.7 Å². The summed E-state index contributed by atoms with van der Waals surface area (Å²) in [6, 6.07) is 4.13. The van der Waals surface area contributed by atoms with Gasteiger partial charge in [-0.1, -0.05) is 13.0 Å². The first kappa shape index (κ1) is 16.4. The number of aromatic nitrogens is 1. The zero-order chi connectivity index (χ0) is 15.0. The van der Waals surface area contributed by atoms with Gasteiger partial charge in [-0.3, -0.25) is 4.79 Å². The molecular weight excluding hydrogens is 252 g/mol. The standard InChI is InChI=1S/C15H26N4O/c1-5-8-16-10-13-7-6-9-17-15(13)19(4)11-14(20)18-12(2)3/h6-7,9,12,16H,5,8,10-11H2,1-4H3,(H,18,20). The van der Waals surface area contributed by atoms with E-state index in [0.717, 1.165) is 30.9 Å². The summed E-state index contributed by atoms with van der Waals surface area (Å²) in [7, 11) is 1.89. The molecule has 0 aliphatic heterocycles. The predicted octanol–water partition coefficient (Wildman–Crippen LogP) is 1.54. The fraction of sp³-hybridized carbons (Fsp3) is 0.600. The third kappa shape index (κ3) is 5.57. The smallest absolute Gasteiger partial charge is 0.239 e. The van der Waals surface area contributed by atoms with Crippen LogP contribution in [-0.4, -0.2) is 37.1 Å².